The summed E-state index contributed by atoms with van der Waals surface area (Å²) < 4.78 is 0. The summed E-state index contributed by atoms with van der Waals surface area (Å²) in [6, 6.07) is 5.73. The molecule has 1 aromatic carbocycles. The minimum Gasteiger partial charge on any atom is -0.399 e. The number of rotatable bonds is 2. The smallest absolute Gasteiger partial charge is 0.231 e. The standard InChI is InChI=1S/C14H20N2O/c1-14(2,3)6-7-16-12-5-4-11(15)8-10(12)9-13(16)17/h4-5,8H,6-7,9,15H2,1-3H3. The van der Waals surface area contributed by atoms with E-state index in [-0.39, 0.29) is 11.3 Å². The lowest BCUT2D eigenvalue weighted by Crippen LogP contribution is -2.30. The van der Waals surface area contributed by atoms with Crippen LogP contribution in [0.4, 0.5) is 11.4 Å². The number of nitrogens with zero attached hydrogens (tertiary/aromatic N) is 1. The summed E-state index contributed by atoms with van der Waals surface area (Å²) in [5, 5.41) is 0. The van der Waals surface area contributed by atoms with E-state index in [0.717, 1.165) is 29.9 Å². The summed E-state index contributed by atoms with van der Waals surface area (Å²) in [5.74, 6) is 0.190. The van der Waals surface area contributed by atoms with Crippen molar-refractivity contribution in [2.24, 2.45) is 5.41 Å². The number of benzene rings is 1. The molecule has 0 radical (unpaired) electrons. The Bertz CT molecular complexity index is 446. The van der Waals surface area contributed by atoms with Gasteiger partial charge in [0.15, 0.2) is 0 Å². The van der Waals surface area contributed by atoms with Gasteiger partial charge in [-0.1, -0.05) is 20.8 Å². The van der Waals surface area contributed by atoms with E-state index in [1.54, 1.807) is 0 Å². The lowest BCUT2D eigenvalue weighted by molar-refractivity contribution is -0.117. The Kier molecular flexibility index (Phi) is 2.86. The minimum absolute atomic E-state index is 0.190. The summed E-state index contributed by atoms with van der Waals surface area (Å²) in [5.41, 5.74) is 8.81. The Balaban J connectivity index is 2.18. The number of anilines is 2. The molecule has 0 aromatic heterocycles. The molecule has 17 heavy (non-hydrogen) atoms. The Morgan fingerprint density at radius 2 is 2.06 bits per heavy atom. The van der Waals surface area contributed by atoms with Crippen molar-refractivity contribution in [3.63, 3.8) is 0 Å². The predicted octanol–water partition coefficient (Wildman–Crippen LogP) is 2.59. The van der Waals surface area contributed by atoms with Gasteiger partial charge in [-0.25, -0.2) is 0 Å². The van der Waals surface area contributed by atoms with E-state index in [9.17, 15) is 4.79 Å². The number of hydrogen-bond donors (Lipinski definition) is 1. The quantitative estimate of drug-likeness (QED) is 0.797. The normalized spacial score (nSPS) is 15.2. The molecular weight excluding hydrogens is 212 g/mol. The molecule has 1 heterocycles. The molecule has 0 spiro atoms. The Hall–Kier alpha value is -1.51. The van der Waals surface area contributed by atoms with Crippen molar-refractivity contribution in [3.8, 4) is 0 Å². The highest BCUT2D eigenvalue weighted by atomic mass is 16.2. The largest absolute Gasteiger partial charge is 0.399 e. The third-order valence-corrected chi connectivity index (χ3v) is 3.12. The van der Waals surface area contributed by atoms with Gasteiger partial charge in [-0.15, -0.1) is 0 Å². The molecule has 0 saturated carbocycles. The molecule has 3 nitrogen and oxygen atoms in total. The van der Waals surface area contributed by atoms with Gasteiger partial charge in [-0.2, -0.15) is 0 Å². The first-order valence-corrected chi connectivity index (χ1v) is 6.05. The van der Waals surface area contributed by atoms with Crippen molar-refractivity contribution in [1.29, 1.82) is 0 Å². The summed E-state index contributed by atoms with van der Waals surface area (Å²) >= 11 is 0. The molecule has 2 rings (SSSR count). The van der Waals surface area contributed by atoms with Gasteiger partial charge in [0.2, 0.25) is 5.91 Å². The Morgan fingerprint density at radius 3 is 2.71 bits per heavy atom. The van der Waals surface area contributed by atoms with Crippen LogP contribution in [0.3, 0.4) is 0 Å². The average Bonchev–Trinajstić information content (AvgIpc) is 2.48. The van der Waals surface area contributed by atoms with E-state index >= 15 is 0 Å². The SMILES string of the molecule is CC(C)(C)CCN1C(=O)Cc2cc(N)ccc21. The molecule has 0 saturated heterocycles. The first-order valence-electron chi connectivity index (χ1n) is 6.05. The van der Waals surface area contributed by atoms with Crippen molar-refractivity contribution in [2.45, 2.75) is 33.6 Å². The highest BCUT2D eigenvalue weighted by Gasteiger charge is 2.27. The van der Waals surface area contributed by atoms with E-state index in [0.29, 0.717) is 6.42 Å². The maximum atomic E-state index is 11.9. The van der Waals surface area contributed by atoms with Crippen LogP contribution in [0.15, 0.2) is 18.2 Å². The van der Waals surface area contributed by atoms with Gasteiger partial charge in [-0.3, -0.25) is 4.79 Å². The Labute approximate surface area is 103 Å². The topological polar surface area (TPSA) is 46.3 Å². The predicted molar refractivity (Wildman–Crippen MR) is 71.0 cm³/mol. The number of fused-ring (bicyclic) bond motifs is 1. The molecule has 2 N–H and O–H groups in total. The third kappa shape index (κ3) is 2.60. The van der Waals surface area contributed by atoms with Crippen LogP contribution in [0.1, 0.15) is 32.8 Å². The number of nitrogen functional groups attached to an aromatic ring is 1. The fourth-order valence-corrected chi connectivity index (χ4v) is 2.10. The highest BCUT2D eigenvalue weighted by molar-refractivity contribution is 6.01. The van der Waals surface area contributed by atoms with Gasteiger partial charge >= 0.3 is 0 Å². The van der Waals surface area contributed by atoms with E-state index in [2.05, 4.69) is 20.8 Å². The van der Waals surface area contributed by atoms with Crippen molar-refractivity contribution in [2.75, 3.05) is 17.2 Å². The van der Waals surface area contributed by atoms with Crippen LogP contribution in [0, 0.1) is 5.41 Å². The van der Waals surface area contributed by atoms with Crippen LogP contribution in [0.5, 0.6) is 0 Å². The second kappa shape index (κ2) is 4.06. The number of hydrogen-bond acceptors (Lipinski definition) is 2. The monoisotopic (exact) mass is 232 g/mol. The zero-order valence-electron chi connectivity index (χ0n) is 10.8. The summed E-state index contributed by atoms with van der Waals surface area (Å²) in [6.07, 6.45) is 1.49. The molecular formula is C14H20N2O. The summed E-state index contributed by atoms with van der Waals surface area (Å²) in [6.45, 7) is 7.37. The van der Waals surface area contributed by atoms with Crippen molar-refractivity contribution >= 4 is 17.3 Å². The van der Waals surface area contributed by atoms with Crippen LogP contribution < -0.4 is 10.6 Å². The molecule has 0 atom stereocenters. The average molecular weight is 232 g/mol. The van der Waals surface area contributed by atoms with E-state index in [4.69, 9.17) is 5.73 Å². The maximum Gasteiger partial charge on any atom is 0.231 e. The molecule has 0 bridgehead atoms. The molecule has 1 aliphatic heterocycles. The molecule has 0 fully saturated rings. The maximum absolute atomic E-state index is 11.9. The highest BCUT2D eigenvalue weighted by Crippen LogP contribution is 2.32. The van der Waals surface area contributed by atoms with Crippen molar-refractivity contribution < 1.29 is 4.79 Å². The molecule has 1 aromatic rings. The number of carbonyl (C=O) groups excluding carboxylic acids is 1. The second-order valence-electron chi connectivity index (χ2n) is 5.92. The molecule has 3 heteroatoms. The van der Waals surface area contributed by atoms with Crippen LogP contribution >= 0.6 is 0 Å². The third-order valence-electron chi connectivity index (χ3n) is 3.12. The van der Waals surface area contributed by atoms with Gasteiger partial charge in [-0.05, 0) is 35.6 Å². The minimum atomic E-state index is 0.190. The first kappa shape index (κ1) is 12.0. The first-order chi connectivity index (χ1) is 7.87. The van der Waals surface area contributed by atoms with Crippen LogP contribution in [-0.4, -0.2) is 12.5 Å². The lowest BCUT2D eigenvalue weighted by Gasteiger charge is -2.24. The summed E-state index contributed by atoms with van der Waals surface area (Å²) in [4.78, 5) is 13.8. The second-order valence-corrected chi connectivity index (χ2v) is 5.92. The van der Waals surface area contributed by atoms with E-state index in [1.807, 2.05) is 23.1 Å². The molecule has 0 unspecified atom stereocenters. The van der Waals surface area contributed by atoms with Gasteiger partial charge in [0.25, 0.3) is 0 Å². The molecule has 0 aliphatic carbocycles. The lowest BCUT2D eigenvalue weighted by atomic mass is 9.92. The van der Waals surface area contributed by atoms with E-state index in [1.165, 1.54) is 0 Å². The number of nitrogens with two attached hydrogens (primary N) is 1. The van der Waals surface area contributed by atoms with Crippen molar-refractivity contribution in [3.05, 3.63) is 23.8 Å². The molecule has 92 valence electrons. The Morgan fingerprint density at radius 1 is 1.35 bits per heavy atom. The van der Waals surface area contributed by atoms with Gasteiger partial charge in [0.1, 0.15) is 0 Å². The van der Waals surface area contributed by atoms with Gasteiger partial charge < -0.3 is 10.6 Å². The molecule has 1 amide bonds. The zero-order valence-corrected chi connectivity index (χ0v) is 10.8. The zero-order chi connectivity index (χ0) is 12.6. The number of amides is 1. The summed E-state index contributed by atoms with van der Waals surface area (Å²) in [7, 11) is 0. The van der Waals surface area contributed by atoms with Crippen molar-refractivity contribution in [1.82, 2.24) is 0 Å². The van der Waals surface area contributed by atoms with Crippen LogP contribution in [0.2, 0.25) is 0 Å². The van der Waals surface area contributed by atoms with Gasteiger partial charge in [0.05, 0.1) is 6.42 Å². The fourth-order valence-electron chi connectivity index (χ4n) is 2.10. The number of carbonyl (C=O) groups is 1. The fraction of sp³-hybridized carbons (Fsp3) is 0.500. The van der Waals surface area contributed by atoms with Gasteiger partial charge in [0, 0.05) is 17.9 Å². The molecule has 1 aliphatic rings. The van der Waals surface area contributed by atoms with Crippen LogP contribution in [-0.2, 0) is 11.2 Å². The van der Waals surface area contributed by atoms with E-state index < -0.39 is 0 Å². The van der Waals surface area contributed by atoms with Crippen LogP contribution in [0.25, 0.3) is 0 Å².